The molecule has 1 unspecified atom stereocenters. The van der Waals surface area contributed by atoms with E-state index >= 15 is 0 Å². The molecule has 0 fully saturated rings. The van der Waals surface area contributed by atoms with Gasteiger partial charge in [-0.2, -0.15) is 0 Å². The number of nitrogens with one attached hydrogen (secondary N) is 1. The molecule has 0 saturated heterocycles. The van der Waals surface area contributed by atoms with E-state index in [2.05, 4.69) is 17.2 Å². The van der Waals surface area contributed by atoms with Crippen LogP contribution in [0.25, 0.3) is 0 Å². The summed E-state index contributed by atoms with van der Waals surface area (Å²) in [5, 5.41) is 5.41. The van der Waals surface area contributed by atoms with Gasteiger partial charge in [-0.15, -0.1) is 36.2 Å². The molecule has 2 heterocycles. The van der Waals surface area contributed by atoms with Gasteiger partial charge in [0.1, 0.15) is 17.7 Å². The highest BCUT2D eigenvalue weighted by Crippen LogP contribution is 2.27. The molecule has 2 aromatic rings. The van der Waals surface area contributed by atoms with Gasteiger partial charge in [-0.1, -0.05) is 13.0 Å². The summed E-state index contributed by atoms with van der Waals surface area (Å²) in [7, 11) is 0. The van der Waals surface area contributed by atoms with Crippen LogP contribution in [0.4, 0.5) is 5.69 Å². The number of fused-ring (bicyclic) bond motifs is 1. The summed E-state index contributed by atoms with van der Waals surface area (Å²) < 4.78 is 6.00. The van der Waals surface area contributed by atoms with Crippen LogP contribution in [0.15, 0.2) is 40.7 Å². The molecule has 4 nitrogen and oxygen atoms in total. The molecule has 1 aliphatic rings. The lowest BCUT2D eigenvalue weighted by Crippen LogP contribution is -2.27. The molecule has 1 aliphatic heterocycles. The Morgan fingerprint density at radius 3 is 2.91 bits per heavy atom. The van der Waals surface area contributed by atoms with E-state index in [1.165, 1.54) is 0 Å². The SMILES string of the molecule is CCC1CNCc2cc(N=C(N)c3cccs3)ccc2O1.Cl.Cl. The fourth-order valence-corrected chi connectivity index (χ4v) is 2.95. The van der Waals surface area contributed by atoms with E-state index in [4.69, 9.17) is 10.5 Å². The summed E-state index contributed by atoms with van der Waals surface area (Å²) in [6.07, 6.45) is 1.23. The van der Waals surface area contributed by atoms with Gasteiger partial charge in [0.05, 0.1) is 10.6 Å². The quantitative estimate of drug-likeness (QED) is 0.633. The van der Waals surface area contributed by atoms with E-state index in [9.17, 15) is 0 Å². The Labute approximate surface area is 153 Å². The van der Waals surface area contributed by atoms with Crippen molar-refractivity contribution >= 4 is 47.7 Å². The molecule has 126 valence electrons. The molecule has 1 aromatic carbocycles. The average molecular weight is 374 g/mol. The second kappa shape index (κ2) is 9.13. The predicted molar refractivity (Wildman–Crippen MR) is 102 cm³/mol. The van der Waals surface area contributed by atoms with Gasteiger partial charge in [-0.25, -0.2) is 4.99 Å². The zero-order chi connectivity index (χ0) is 14.7. The molecule has 0 aliphatic carbocycles. The van der Waals surface area contributed by atoms with Crippen molar-refractivity contribution in [1.82, 2.24) is 5.32 Å². The first kappa shape index (κ1) is 19.8. The first-order valence-corrected chi connectivity index (χ1v) is 8.02. The third kappa shape index (κ3) is 4.85. The van der Waals surface area contributed by atoms with E-state index in [1.807, 2.05) is 35.7 Å². The van der Waals surface area contributed by atoms with Crippen molar-refractivity contribution in [2.45, 2.75) is 26.0 Å². The third-order valence-electron chi connectivity index (χ3n) is 3.50. The Bertz CT molecular complexity index is 647. The number of nitrogens with zero attached hydrogens (tertiary/aromatic N) is 1. The van der Waals surface area contributed by atoms with Crippen LogP contribution in [-0.4, -0.2) is 18.5 Å². The van der Waals surface area contributed by atoms with Crippen molar-refractivity contribution < 1.29 is 4.74 Å². The van der Waals surface area contributed by atoms with Crippen LogP contribution in [0.1, 0.15) is 23.8 Å². The maximum Gasteiger partial charge on any atom is 0.141 e. The lowest BCUT2D eigenvalue weighted by atomic mass is 10.2. The summed E-state index contributed by atoms with van der Waals surface area (Å²) in [5.74, 6) is 1.50. The molecule has 23 heavy (non-hydrogen) atoms. The second-order valence-corrected chi connectivity index (χ2v) is 5.99. The van der Waals surface area contributed by atoms with E-state index in [-0.39, 0.29) is 30.9 Å². The number of nitrogens with two attached hydrogens (primary N) is 1. The molecule has 0 radical (unpaired) electrons. The number of benzene rings is 1. The molecule has 3 N–H and O–H groups in total. The Hall–Kier alpha value is -1.27. The lowest BCUT2D eigenvalue weighted by molar-refractivity contribution is 0.202. The summed E-state index contributed by atoms with van der Waals surface area (Å²) >= 11 is 1.59. The van der Waals surface area contributed by atoms with Crippen LogP contribution >= 0.6 is 36.2 Å². The van der Waals surface area contributed by atoms with Gasteiger partial charge < -0.3 is 15.8 Å². The van der Waals surface area contributed by atoms with Gasteiger partial charge in [0, 0.05) is 18.7 Å². The van der Waals surface area contributed by atoms with Gasteiger partial charge >= 0.3 is 0 Å². The van der Waals surface area contributed by atoms with Gasteiger partial charge in [0.25, 0.3) is 0 Å². The Balaban J connectivity index is 0.00000132. The van der Waals surface area contributed by atoms with Crippen molar-refractivity contribution in [3.05, 3.63) is 46.2 Å². The molecule has 1 atom stereocenters. The Morgan fingerprint density at radius 2 is 2.22 bits per heavy atom. The van der Waals surface area contributed by atoms with Crippen molar-refractivity contribution in [2.75, 3.05) is 6.54 Å². The first-order valence-electron chi connectivity index (χ1n) is 7.14. The van der Waals surface area contributed by atoms with Crippen LogP contribution in [0.2, 0.25) is 0 Å². The second-order valence-electron chi connectivity index (χ2n) is 5.05. The number of aliphatic imine (C=N–C) groups is 1. The molecule has 0 amide bonds. The number of hydrogen-bond donors (Lipinski definition) is 2. The summed E-state index contributed by atoms with van der Waals surface area (Å²) in [5.41, 5.74) is 8.03. The molecular formula is C16H21Cl2N3OS. The van der Waals surface area contributed by atoms with Gasteiger partial charge in [-0.05, 0) is 36.1 Å². The van der Waals surface area contributed by atoms with Gasteiger partial charge in [0.15, 0.2) is 0 Å². The van der Waals surface area contributed by atoms with Crippen molar-refractivity contribution in [1.29, 1.82) is 0 Å². The fraction of sp³-hybridized carbons (Fsp3) is 0.312. The molecule has 1 aromatic heterocycles. The molecule has 3 rings (SSSR count). The number of ether oxygens (including phenoxy) is 1. The number of rotatable bonds is 3. The largest absolute Gasteiger partial charge is 0.489 e. The number of hydrogen-bond acceptors (Lipinski definition) is 4. The first-order chi connectivity index (χ1) is 10.3. The van der Waals surface area contributed by atoms with E-state index < -0.39 is 0 Å². The highest BCUT2D eigenvalue weighted by atomic mass is 35.5. The normalized spacial score (nSPS) is 17.1. The van der Waals surface area contributed by atoms with Crippen LogP contribution in [0.5, 0.6) is 5.75 Å². The lowest BCUT2D eigenvalue weighted by Gasteiger charge is -2.15. The maximum absolute atomic E-state index is 6.04. The topological polar surface area (TPSA) is 59.6 Å². The molecule has 0 bridgehead atoms. The minimum absolute atomic E-state index is 0. The summed E-state index contributed by atoms with van der Waals surface area (Å²) in [6, 6.07) is 9.94. The Morgan fingerprint density at radius 1 is 1.39 bits per heavy atom. The maximum atomic E-state index is 6.04. The standard InChI is InChI=1S/C16H19N3OS.2ClH/c1-2-13-10-18-9-11-8-12(5-6-14(11)20-13)19-16(17)15-4-3-7-21-15;;/h3-8,13,18H,2,9-10H2,1H3,(H2,17,19);2*1H. The van der Waals surface area contributed by atoms with Crippen molar-refractivity contribution in [3.8, 4) is 5.75 Å². The van der Waals surface area contributed by atoms with Crippen LogP contribution in [0, 0.1) is 0 Å². The van der Waals surface area contributed by atoms with Gasteiger partial charge in [0.2, 0.25) is 0 Å². The van der Waals surface area contributed by atoms with E-state index in [1.54, 1.807) is 11.3 Å². The van der Waals surface area contributed by atoms with Crippen LogP contribution in [-0.2, 0) is 6.54 Å². The van der Waals surface area contributed by atoms with Crippen molar-refractivity contribution in [3.63, 3.8) is 0 Å². The minimum Gasteiger partial charge on any atom is -0.489 e. The summed E-state index contributed by atoms with van der Waals surface area (Å²) in [6.45, 7) is 3.81. The molecule has 0 saturated carbocycles. The Kier molecular flexibility index (Phi) is 7.85. The van der Waals surface area contributed by atoms with Crippen molar-refractivity contribution in [2.24, 2.45) is 10.7 Å². The fourth-order valence-electron chi connectivity index (χ4n) is 2.32. The predicted octanol–water partition coefficient (Wildman–Crippen LogP) is 3.89. The highest BCUT2D eigenvalue weighted by molar-refractivity contribution is 7.12. The smallest absolute Gasteiger partial charge is 0.141 e. The molecular weight excluding hydrogens is 353 g/mol. The highest BCUT2D eigenvalue weighted by Gasteiger charge is 2.16. The third-order valence-corrected chi connectivity index (χ3v) is 4.40. The van der Waals surface area contributed by atoms with E-state index in [0.717, 1.165) is 41.4 Å². The number of halogens is 2. The monoisotopic (exact) mass is 373 g/mol. The minimum atomic E-state index is 0. The number of thiophene rings is 1. The zero-order valence-electron chi connectivity index (χ0n) is 12.8. The van der Waals surface area contributed by atoms with Gasteiger partial charge in [-0.3, -0.25) is 0 Å². The average Bonchev–Trinajstić information content (AvgIpc) is 2.95. The molecule has 0 spiro atoms. The zero-order valence-corrected chi connectivity index (χ0v) is 15.3. The van der Waals surface area contributed by atoms with Crippen LogP contribution in [0.3, 0.4) is 0 Å². The van der Waals surface area contributed by atoms with E-state index in [0.29, 0.717) is 5.84 Å². The molecule has 7 heteroatoms. The van der Waals surface area contributed by atoms with Crippen LogP contribution < -0.4 is 15.8 Å². The summed E-state index contributed by atoms with van der Waals surface area (Å²) in [4.78, 5) is 5.49. The number of amidine groups is 1.